The quantitative estimate of drug-likeness (QED) is 0.853. The Hall–Kier alpha value is -1.13. The number of rotatable bonds is 6. The number of aromatic nitrogens is 2. The molecule has 0 saturated heterocycles. The summed E-state index contributed by atoms with van der Waals surface area (Å²) in [4.78, 5) is 1.37. The van der Waals surface area contributed by atoms with Gasteiger partial charge in [-0.05, 0) is 23.4 Å². The van der Waals surface area contributed by atoms with Crippen molar-refractivity contribution in [2.45, 2.75) is 33.5 Å². The lowest BCUT2D eigenvalue weighted by molar-refractivity contribution is 0.478. The van der Waals surface area contributed by atoms with Gasteiger partial charge in [-0.15, -0.1) is 11.3 Å². The highest BCUT2D eigenvalue weighted by Gasteiger charge is 2.01. The van der Waals surface area contributed by atoms with Crippen molar-refractivity contribution in [3.63, 3.8) is 0 Å². The lowest BCUT2D eigenvalue weighted by Crippen LogP contribution is -2.13. The molecular formula is C13H19N3S. The molecule has 0 bridgehead atoms. The Morgan fingerprint density at radius 1 is 1.35 bits per heavy atom. The summed E-state index contributed by atoms with van der Waals surface area (Å²) in [6.45, 7) is 7.16. The normalized spacial score (nSPS) is 11.2. The highest BCUT2D eigenvalue weighted by molar-refractivity contribution is 7.09. The third-order valence-corrected chi connectivity index (χ3v) is 3.31. The highest BCUT2D eigenvalue weighted by atomic mass is 32.1. The highest BCUT2D eigenvalue weighted by Crippen LogP contribution is 2.08. The Bertz CT molecular complexity index is 431. The molecule has 2 rings (SSSR count). The lowest BCUT2D eigenvalue weighted by atomic mass is 10.2. The number of thiophene rings is 1. The van der Waals surface area contributed by atoms with E-state index in [9.17, 15) is 0 Å². The van der Waals surface area contributed by atoms with Crippen LogP contribution in [0.15, 0.2) is 29.8 Å². The second-order valence-corrected chi connectivity index (χ2v) is 5.64. The van der Waals surface area contributed by atoms with E-state index in [1.54, 1.807) is 11.3 Å². The van der Waals surface area contributed by atoms with Crippen molar-refractivity contribution in [1.29, 1.82) is 0 Å². The van der Waals surface area contributed by atoms with Crippen LogP contribution in [0.1, 0.15) is 24.4 Å². The number of hydrogen-bond donors (Lipinski definition) is 1. The van der Waals surface area contributed by atoms with Crippen LogP contribution < -0.4 is 5.32 Å². The maximum absolute atomic E-state index is 4.53. The average Bonchev–Trinajstić information content (AvgIpc) is 2.89. The minimum atomic E-state index is 0.641. The van der Waals surface area contributed by atoms with Gasteiger partial charge < -0.3 is 5.32 Å². The molecule has 17 heavy (non-hydrogen) atoms. The summed E-state index contributed by atoms with van der Waals surface area (Å²) in [7, 11) is 0. The van der Waals surface area contributed by atoms with Gasteiger partial charge in [0.1, 0.15) is 0 Å². The summed E-state index contributed by atoms with van der Waals surface area (Å²) in [5.41, 5.74) is 1.11. The van der Waals surface area contributed by atoms with Crippen LogP contribution in [0.3, 0.4) is 0 Å². The Balaban J connectivity index is 1.77. The molecule has 2 aromatic rings. The van der Waals surface area contributed by atoms with Crippen LogP contribution in [0.4, 0.5) is 0 Å². The van der Waals surface area contributed by atoms with E-state index in [0.717, 1.165) is 25.3 Å². The molecule has 0 unspecified atom stereocenters. The molecule has 3 nitrogen and oxygen atoms in total. The standard InChI is InChI=1S/C13H19N3S/c1-11(2)10-16-6-5-12(15-16)8-14-9-13-4-3-7-17-13/h3-7,11,14H,8-10H2,1-2H3. The summed E-state index contributed by atoms with van der Waals surface area (Å²) in [5.74, 6) is 0.641. The number of nitrogens with one attached hydrogen (secondary N) is 1. The van der Waals surface area contributed by atoms with Crippen molar-refractivity contribution in [1.82, 2.24) is 15.1 Å². The molecule has 0 saturated carbocycles. The van der Waals surface area contributed by atoms with Gasteiger partial charge >= 0.3 is 0 Å². The van der Waals surface area contributed by atoms with Gasteiger partial charge in [-0.3, -0.25) is 4.68 Å². The number of nitrogens with zero attached hydrogens (tertiary/aromatic N) is 2. The van der Waals surface area contributed by atoms with Gasteiger partial charge in [0.15, 0.2) is 0 Å². The second kappa shape index (κ2) is 5.98. The van der Waals surface area contributed by atoms with E-state index in [1.165, 1.54) is 4.88 Å². The van der Waals surface area contributed by atoms with Gasteiger partial charge in [-0.2, -0.15) is 5.10 Å². The van der Waals surface area contributed by atoms with E-state index < -0.39 is 0 Å². The molecule has 2 aromatic heterocycles. The minimum Gasteiger partial charge on any atom is -0.306 e. The first-order chi connectivity index (χ1) is 8.24. The van der Waals surface area contributed by atoms with E-state index >= 15 is 0 Å². The minimum absolute atomic E-state index is 0.641. The van der Waals surface area contributed by atoms with Crippen LogP contribution in [0, 0.1) is 5.92 Å². The zero-order valence-corrected chi connectivity index (χ0v) is 11.2. The first-order valence-electron chi connectivity index (χ1n) is 5.99. The van der Waals surface area contributed by atoms with Crippen LogP contribution in [0.25, 0.3) is 0 Å². The first kappa shape index (κ1) is 12.3. The summed E-state index contributed by atoms with van der Waals surface area (Å²) < 4.78 is 2.02. The molecule has 0 spiro atoms. The summed E-state index contributed by atoms with van der Waals surface area (Å²) in [6.07, 6.45) is 2.06. The molecule has 4 heteroatoms. The molecule has 0 aliphatic heterocycles. The average molecular weight is 249 g/mol. The second-order valence-electron chi connectivity index (χ2n) is 4.61. The molecule has 0 fully saturated rings. The largest absolute Gasteiger partial charge is 0.306 e. The lowest BCUT2D eigenvalue weighted by Gasteiger charge is -2.04. The molecule has 0 atom stereocenters. The van der Waals surface area contributed by atoms with E-state index in [1.807, 2.05) is 4.68 Å². The molecule has 0 amide bonds. The molecule has 0 aliphatic carbocycles. The van der Waals surface area contributed by atoms with Crippen LogP contribution in [0.2, 0.25) is 0 Å². The third-order valence-electron chi connectivity index (χ3n) is 2.43. The monoisotopic (exact) mass is 249 g/mol. The van der Waals surface area contributed by atoms with Crippen molar-refractivity contribution in [3.8, 4) is 0 Å². The predicted molar refractivity (Wildman–Crippen MR) is 71.9 cm³/mol. The van der Waals surface area contributed by atoms with E-state index in [0.29, 0.717) is 5.92 Å². The van der Waals surface area contributed by atoms with Gasteiger partial charge in [0.05, 0.1) is 5.69 Å². The Labute approximate surface area is 106 Å². The predicted octanol–water partition coefficient (Wildman–Crippen LogP) is 2.89. The van der Waals surface area contributed by atoms with Gasteiger partial charge in [0, 0.05) is 30.7 Å². The Morgan fingerprint density at radius 2 is 2.24 bits per heavy atom. The zero-order valence-electron chi connectivity index (χ0n) is 10.4. The fraction of sp³-hybridized carbons (Fsp3) is 0.462. The van der Waals surface area contributed by atoms with Gasteiger partial charge in [-0.1, -0.05) is 19.9 Å². The molecule has 0 radical (unpaired) electrons. The van der Waals surface area contributed by atoms with E-state index in [-0.39, 0.29) is 0 Å². The van der Waals surface area contributed by atoms with Gasteiger partial charge in [-0.25, -0.2) is 0 Å². The molecular weight excluding hydrogens is 230 g/mol. The van der Waals surface area contributed by atoms with E-state index in [4.69, 9.17) is 0 Å². The van der Waals surface area contributed by atoms with Gasteiger partial charge in [0.25, 0.3) is 0 Å². The fourth-order valence-corrected chi connectivity index (χ4v) is 2.38. The fourth-order valence-electron chi connectivity index (χ4n) is 1.70. The molecule has 0 aromatic carbocycles. The Kier molecular flexibility index (Phi) is 4.34. The number of hydrogen-bond acceptors (Lipinski definition) is 3. The molecule has 0 aliphatic rings. The van der Waals surface area contributed by atoms with Crippen molar-refractivity contribution >= 4 is 11.3 Å². The maximum atomic E-state index is 4.53. The van der Waals surface area contributed by atoms with Crippen molar-refractivity contribution in [2.24, 2.45) is 5.92 Å². The maximum Gasteiger partial charge on any atom is 0.0762 e. The van der Waals surface area contributed by atoms with Crippen LogP contribution in [-0.2, 0) is 19.6 Å². The molecule has 92 valence electrons. The third kappa shape index (κ3) is 3.98. The molecule has 2 heterocycles. The van der Waals surface area contributed by atoms with Gasteiger partial charge in [0.2, 0.25) is 0 Å². The summed E-state index contributed by atoms with van der Waals surface area (Å²) in [6, 6.07) is 6.32. The van der Waals surface area contributed by atoms with Crippen LogP contribution in [0.5, 0.6) is 0 Å². The summed E-state index contributed by atoms with van der Waals surface area (Å²) in [5, 5.41) is 10.0. The topological polar surface area (TPSA) is 29.9 Å². The Morgan fingerprint density at radius 3 is 2.94 bits per heavy atom. The van der Waals surface area contributed by atoms with Crippen LogP contribution >= 0.6 is 11.3 Å². The van der Waals surface area contributed by atoms with Crippen molar-refractivity contribution in [3.05, 3.63) is 40.3 Å². The smallest absolute Gasteiger partial charge is 0.0762 e. The van der Waals surface area contributed by atoms with Crippen LogP contribution in [-0.4, -0.2) is 9.78 Å². The van der Waals surface area contributed by atoms with Crippen molar-refractivity contribution < 1.29 is 0 Å². The SMILES string of the molecule is CC(C)Cn1ccc(CNCc2cccs2)n1. The van der Waals surface area contributed by atoms with Crippen molar-refractivity contribution in [2.75, 3.05) is 0 Å². The zero-order chi connectivity index (χ0) is 12.1. The summed E-state index contributed by atoms with van der Waals surface area (Å²) >= 11 is 1.78. The van der Waals surface area contributed by atoms with E-state index in [2.05, 4.69) is 54.0 Å². The molecule has 1 N–H and O–H groups in total. The first-order valence-corrected chi connectivity index (χ1v) is 6.87.